The van der Waals surface area contributed by atoms with E-state index in [4.69, 9.17) is 0 Å². The summed E-state index contributed by atoms with van der Waals surface area (Å²) in [6, 6.07) is 7.98. The van der Waals surface area contributed by atoms with Crippen LogP contribution >= 0.6 is 15.9 Å². The minimum Gasteiger partial charge on any atom is -0.371 e. The van der Waals surface area contributed by atoms with E-state index in [1.54, 1.807) is 7.05 Å². The molecule has 7 nitrogen and oxygen atoms in total. The van der Waals surface area contributed by atoms with E-state index in [2.05, 4.69) is 38.3 Å². The molecule has 27 heavy (non-hydrogen) atoms. The highest BCUT2D eigenvalue weighted by Crippen LogP contribution is 2.25. The average Bonchev–Trinajstić information content (AvgIpc) is 3.20. The normalized spacial score (nSPS) is 19.9. The van der Waals surface area contributed by atoms with Crippen molar-refractivity contribution in [1.82, 2.24) is 15.1 Å². The number of rotatable bonds is 7. The Kier molecular flexibility index (Phi) is 6.36. The highest BCUT2D eigenvalue weighted by Gasteiger charge is 2.32. The van der Waals surface area contributed by atoms with E-state index >= 15 is 0 Å². The number of anilines is 1. The number of nitrogens with one attached hydrogen (secondary N) is 1. The third-order valence-corrected chi connectivity index (χ3v) is 5.56. The first-order valence-electron chi connectivity index (χ1n) is 9.26. The molecule has 2 fully saturated rings. The first-order valence-corrected chi connectivity index (χ1v) is 10.1. The topological polar surface area (TPSA) is 73.0 Å². The fraction of sp³-hybridized carbons (Fsp3) is 0.526. The predicted molar refractivity (Wildman–Crippen MR) is 106 cm³/mol. The van der Waals surface area contributed by atoms with Crippen molar-refractivity contribution < 1.29 is 14.4 Å². The summed E-state index contributed by atoms with van der Waals surface area (Å²) in [6.07, 6.45) is 1.87. The maximum atomic E-state index is 12.1. The minimum atomic E-state index is -0.279. The highest BCUT2D eigenvalue weighted by molar-refractivity contribution is 9.10. The van der Waals surface area contributed by atoms with Gasteiger partial charge in [0.15, 0.2) is 0 Å². The van der Waals surface area contributed by atoms with Gasteiger partial charge in [-0.05, 0) is 37.0 Å². The summed E-state index contributed by atoms with van der Waals surface area (Å²) in [6.45, 7) is 3.01. The summed E-state index contributed by atoms with van der Waals surface area (Å²) in [5, 5.41) is 2.99. The summed E-state index contributed by atoms with van der Waals surface area (Å²) >= 11 is 3.50. The van der Waals surface area contributed by atoms with Gasteiger partial charge in [-0.1, -0.05) is 22.0 Å². The molecule has 0 aromatic heterocycles. The monoisotopic (exact) mass is 436 g/mol. The van der Waals surface area contributed by atoms with E-state index in [1.165, 1.54) is 15.5 Å². The van der Waals surface area contributed by atoms with E-state index in [0.29, 0.717) is 31.8 Å². The molecule has 1 N–H and O–H groups in total. The van der Waals surface area contributed by atoms with Gasteiger partial charge in [-0.3, -0.25) is 14.5 Å². The number of benzene rings is 1. The summed E-state index contributed by atoms with van der Waals surface area (Å²) in [4.78, 5) is 40.5. The number of halogens is 1. The molecule has 1 atom stereocenters. The van der Waals surface area contributed by atoms with Crippen LogP contribution in [0.4, 0.5) is 10.5 Å². The van der Waals surface area contributed by atoms with Crippen LogP contribution in [0.2, 0.25) is 0 Å². The molecule has 1 unspecified atom stereocenters. The van der Waals surface area contributed by atoms with Gasteiger partial charge in [0, 0.05) is 49.8 Å². The Balaban J connectivity index is 1.35. The number of hydrogen-bond donors (Lipinski definition) is 1. The molecular weight excluding hydrogens is 412 g/mol. The van der Waals surface area contributed by atoms with Crippen LogP contribution in [0.3, 0.4) is 0 Å². The van der Waals surface area contributed by atoms with Gasteiger partial charge in [0.25, 0.3) is 0 Å². The van der Waals surface area contributed by atoms with Crippen molar-refractivity contribution >= 4 is 39.5 Å². The Morgan fingerprint density at radius 2 is 2.15 bits per heavy atom. The summed E-state index contributed by atoms with van der Waals surface area (Å²) < 4.78 is 1.07. The standard InChI is InChI=1S/C19H25BrN4O3/c1-22-13-18(26)24(19(22)27)8-3-6-17(25)21-11-14-7-9-23(12-14)16-5-2-4-15(20)10-16/h2,4-5,10,14H,3,6-9,11-13H2,1H3,(H,21,25). The first kappa shape index (κ1) is 19.7. The van der Waals surface area contributed by atoms with Crippen molar-refractivity contribution in [3.8, 4) is 0 Å². The van der Waals surface area contributed by atoms with Gasteiger partial charge in [0.1, 0.15) is 6.54 Å². The molecule has 2 aliphatic rings. The molecule has 0 bridgehead atoms. The number of carbonyl (C=O) groups is 3. The van der Waals surface area contributed by atoms with Crippen LogP contribution in [-0.4, -0.2) is 67.4 Å². The zero-order chi connectivity index (χ0) is 19.4. The third-order valence-electron chi connectivity index (χ3n) is 5.06. The molecule has 2 heterocycles. The van der Waals surface area contributed by atoms with E-state index < -0.39 is 0 Å². The first-order chi connectivity index (χ1) is 12.9. The van der Waals surface area contributed by atoms with Crippen LogP contribution in [0.15, 0.2) is 28.7 Å². The summed E-state index contributed by atoms with van der Waals surface area (Å²) in [5.41, 5.74) is 1.20. The van der Waals surface area contributed by atoms with E-state index in [-0.39, 0.29) is 24.4 Å². The van der Waals surface area contributed by atoms with E-state index in [1.807, 2.05) is 12.1 Å². The number of carbonyl (C=O) groups excluding carboxylic acids is 3. The Morgan fingerprint density at radius 3 is 2.85 bits per heavy atom. The van der Waals surface area contributed by atoms with Crippen LogP contribution in [-0.2, 0) is 9.59 Å². The van der Waals surface area contributed by atoms with Gasteiger partial charge in [0.05, 0.1) is 0 Å². The number of hydrogen-bond acceptors (Lipinski definition) is 4. The van der Waals surface area contributed by atoms with Crippen molar-refractivity contribution in [2.24, 2.45) is 5.92 Å². The van der Waals surface area contributed by atoms with Gasteiger partial charge in [-0.25, -0.2) is 4.79 Å². The molecule has 3 rings (SSSR count). The van der Waals surface area contributed by atoms with Gasteiger partial charge in [0.2, 0.25) is 11.8 Å². The highest BCUT2D eigenvalue weighted by atomic mass is 79.9. The predicted octanol–water partition coefficient (Wildman–Crippen LogP) is 2.07. The second kappa shape index (κ2) is 8.73. The number of nitrogens with zero attached hydrogens (tertiary/aromatic N) is 3. The zero-order valence-electron chi connectivity index (χ0n) is 15.5. The smallest absolute Gasteiger partial charge is 0.326 e. The Labute approximate surface area is 167 Å². The molecule has 0 radical (unpaired) electrons. The maximum Gasteiger partial charge on any atom is 0.326 e. The fourth-order valence-electron chi connectivity index (χ4n) is 3.54. The SMILES string of the molecule is CN1CC(=O)N(CCCC(=O)NCC2CCN(c3cccc(Br)c3)C2)C1=O. The molecule has 0 saturated carbocycles. The van der Waals surface area contributed by atoms with Gasteiger partial charge >= 0.3 is 6.03 Å². The molecule has 0 aliphatic carbocycles. The number of amides is 4. The molecule has 2 saturated heterocycles. The second-order valence-electron chi connectivity index (χ2n) is 7.17. The van der Waals surface area contributed by atoms with Crippen molar-refractivity contribution in [3.05, 3.63) is 28.7 Å². The lowest BCUT2D eigenvalue weighted by Gasteiger charge is -2.19. The van der Waals surface area contributed by atoms with Gasteiger partial charge in [-0.2, -0.15) is 0 Å². The van der Waals surface area contributed by atoms with Crippen molar-refractivity contribution in [1.29, 1.82) is 0 Å². The minimum absolute atomic E-state index is 0.0247. The molecule has 0 spiro atoms. The zero-order valence-corrected chi connectivity index (χ0v) is 17.1. The molecule has 1 aromatic rings. The molecular formula is C19H25BrN4O3. The van der Waals surface area contributed by atoms with Crippen molar-refractivity contribution in [2.75, 3.05) is 44.7 Å². The molecule has 4 amide bonds. The van der Waals surface area contributed by atoms with Crippen LogP contribution in [0, 0.1) is 5.92 Å². The molecule has 8 heteroatoms. The van der Waals surface area contributed by atoms with Crippen molar-refractivity contribution in [3.63, 3.8) is 0 Å². The Hall–Kier alpha value is -2.09. The lowest BCUT2D eigenvalue weighted by Crippen LogP contribution is -2.34. The van der Waals surface area contributed by atoms with Crippen LogP contribution in [0.1, 0.15) is 19.3 Å². The van der Waals surface area contributed by atoms with Crippen LogP contribution < -0.4 is 10.2 Å². The van der Waals surface area contributed by atoms with Gasteiger partial charge in [-0.15, -0.1) is 0 Å². The fourth-order valence-corrected chi connectivity index (χ4v) is 3.93. The van der Waals surface area contributed by atoms with E-state index in [0.717, 1.165) is 24.0 Å². The largest absolute Gasteiger partial charge is 0.371 e. The van der Waals surface area contributed by atoms with Crippen molar-refractivity contribution in [2.45, 2.75) is 19.3 Å². The number of urea groups is 1. The Morgan fingerprint density at radius 1 is 1.33 bits per heavy atom. The third kappa shape index (κ3) is 5.00. The number of likely N-dealkylation sites (N-methyl/N-ethyl adjacent to an activating group) is 1. The lowest BCUT2D eigenvalue weighted by molar-refractivity contribution is -0.126. The second-order valence-corrected chi connectivity index (χ2v) is 8.09. The van der Waals surface area contributed by atoms with Crippen LogP contribution in [0.5, 0.6) is 0 Å². The molecule has 1 aromatic carbocycles. The quantitative estimate of drug-likeness (QED) is 0.663. The maximum absolute atomic E-state index is 12.1. The Bertz CT molecular complexity index is 727. The summed E-state index contributed by atoms with van der Waals surface area (Å²) in [5.74, 6) is 0.216. The molecule has 146 valence electrons. The van der Waals surface area contributed by atoms with E-state index in [9.17, 15) is 14.4 Å². The number of imide groups is 1. The molecule has 2 aliphatic heterocycles. The van der Waals surface area contributed by atoms with Crippen LogP contribution in [0.25, 0.3) is 0 Å². The van der Waals surface area contributed by atoms with Gasteiger partial charge < -0.3 is 15.1 Å². The summed E-state index contributed by atoms with van der Waals surface area (Å²) in [7, 11) is 1.60. The lowest BCUT2D eigenvalue weighted by atomic mass is 10.1. The average molecular weight is 437 g/mol.